The van der Waals surface area contributed by atoms with Crippen LogP contribution in [0.3, 0.4) is 0 Å². The van der Waals surface area contributed by atoms with Gasteiger partial charge in [0, 0.05) is 17.9 Å². The molecule has 0 atom stereocenters. The average Bonchev–Trinajstić information content (AvgIpc) is 2.94. The molecule has 2 fully saturated rings. The standard InChI is InChI=1S/C14H23BN2O2S/c1-13(2)14(3,4)19-15(18-13)11-9-16-17(10-11)12-5-7-20-8-6-12/h9-10,12H,5-8H2,1-4H3. The van der Waals surface area contributed by atoms with E-state index in [2.05, 4.69) is 43.7 Å². The Bertz CT molecular complexity index is 467. The van der Waals surface area contributed by atoms with Crippen LogP contribution < -0.4 is 5.46 Å². The smallest absolute Gasteiger partial charge is 0.399 e. The molecule has 1 aromatic rings. The highest BCUT2D eigenvalue weighted by Gasteiger charge is 2.52. The second-order valence-corrected chi connectivity index (χ2v) is 7.91. The summed E-state index contributed by atoms with van der Waals surface area (Å²) >= 11 is 2.03. The number of nitrogens with zero attached hydrogens (tertiary/aromatic N) is 2. The first-order chi connectivity index (χ1) is 9.39. The van der Waals surface area contributed by atoms with Crippen LogP contribution >= 0.6 is 11.8 Å². The minimum Gasteiger partial charge on any atom is -0.399 e. The molecule has 2 aliphatic rings. The van der Waals surface area contributed by atoms with E-state index in [1.165, 1.54) is 24.3 Å². The number of rotatable bonds is 2. The fraction of sp³-hybridized carbons (Fsp3) is 0.786. The van der Waals surface area contributed by atoms with Crippen LogP contribution in [0, 0.1) is 0 Å². The SMILES string of the molecule is CC1(C)OB(c2cnn(C3CCSCC3)c2)OC1(C)C. The topological polar surface area (TPSA) is 36.3 Å². The van der Waals surface area contributed by atoms with Gasteiger partial charge in [0.1, 0.15) is 0 Å². The quantitative estimate of drug-likeness (QED) is 0.784. The molecule has 2 saturated heterocycles. The molecule has 0 radical (unpaired) electrons. The molecule has 1 aromatic heterocycles. The maximum Gasteiger partial charge on any atom is 0.498 e. The van der Waals surface area contributed by atoms with E-state index in [1.807, 2.05) is 18.0 Å². The van der Waals surface area contributed by atoms with E-state index in [-0.39, 0.29) is 18.3 Å². The zero-order valence-electron chi connectivity index (χ0n) is 12.8. The Morgan fingerprint density at radius 2 is 1.80 bits per heavy atom. The van der Waals surface area contributed by atoms with Crippen molar-refractivity contribution >= 4 is 24.3 Å². The summed E-state index contributed by atoms with van der Waals surface area (Å²) in [6.45, 7) is 8.32. The Morgan fingerprint density at radius 3 is 2.40 bits per heavy atom. The van der Waals surface area contributed by atoms with Crippen molar-refractivity contribution in [3.8, 4) is 0 Å². The Balaban J connectivity index is 1.74. The average molecular weight is 294 g/mol. The molecule has 0 bridgehead atoms. The lowest BCUT2D eigenvalue weighted by atomic mass is 9.82. The van der Waals surface area contributed by atoms with Gasteiger partial charge in [0.2, 0.25) is 0 Å². The third-order valence-corrected chi connectivity index (χ3v) is 5.76. The Kier molecular flexibility index (Phi) is 3.67. The van der Waals surface area contributed by atoms with Gasteiger partial charge >= 0.3 is 7.12 Å². The van der Waals surface area contributed by atoms with E-state index in [0.717, 1.165) is 5.46 Å². The highest BCUT2D eigenvalue weighted by atomic mass is 32.2. The zero-order valence-corrected chi connectivity index (χ0v) is 13.6. The van der Waals surface area contributed by atoms with E-state index in [4.69, 9.17) is 9.31 Å². The van der Waals surface area contributed by atoms with Crippen LogP contribution in [-0.2, 0) is 9.31 Å². The Hall–Kier alpha value is -0.455. The van der Waals surface area contributed by atoms with Crippen LogP contribution in [-0.4, -0.2) is 39.6 Å². The first-order valence-electron chi connectivity index (χ1n) is 7.36. The van der Waals surface area contributed by atoms with Gasteiger partial charge in [-0.3, -0.25) is 4.68 Å². The van der Waals surface area contributed by atoms with Gasteiger partial charge in [0.15, 0.2) is 0 Å². The second kappa shape index (κ2) is 5.07. The van der Waals surface area contributed by atoms with Gasteiger partial charge in [-0.2, -0.15) is 16.9 Å². The van der Waals surface area contributed by atoms with Crippen molar-refractivity contribution in [1.82, 2.24) is 9.78 Å². The number of aromatic nitrogens is 2. The molecule has 6 heteroatoms. The molecule has 0 aromatic carbocycles. The predicted molar refractivity (Wildman–Crippen MR) is 83.5 cm³/mol. The van der Waals surface area contributed by atoms with Crippen LogP contribution in [0.15, 0.2) is 12.4 Å². The molecule has 0 spiro atoms. The van der Waals surface area contributed by atoms with E-state index in [0.29, 0.717) is 6.04 Å². The number of hydrogen-bond donors (Lipinski definition) is 0. The Morgan fingerprint density at radius 1 is 1.20 bits per heavy atom. The predicted octanol–water partition coefficient (Wildman–Crippen LogP) is 2.25. The first-order valence-corrected chi connectivity index (χ1v) is 8.52. The van der Waals surface area contributed by atoms with Crippen molar-refractivity contribution in [1.29, 1.82) is 0 Å². The lowest BCUT2D eigenvalue weighted by Gasteiger charge is -2.32. The van der Waals surface area contributed by atoms with Gasteiger partial charge in [-0.15, -0.1) is 0 Å². The maximum atomic E-state index is 6.07. The van der Waals surface area contributed by atoms with E-state index in [1.54, 1.807) is 0 Å². The molecule has 3 heterocycles. The third kappa shape index (κ3) is 2.53. The van der Waals surface area contributed by atoms with E-state index < -0.39 is 0 Å². The molecular formula is C14H23BN2O2S. The second-order valence-electron chi connectivity index (χ2n) is 6.69. The minimum absolute atomic E-state index is 0.290. The summed E-state index contributed by atoms with van der Waals surface area (Å²) in [5.41, 5.74) is 0.449. The maximum absolute atomic E-state index is 6.07. The summed E-state index contributed by atoms with van der Waals surface area (Å²) in [6, 6.07) is 0.535. The molecule has 0 amide bonds. The summed E-state index contributed by atoms with van der Waals surface area (Å²) in [7, 11) is -0.299. The van der Waals surface area contributed by atoms with Crippen LogP contribution in [0.5, 0.6) is 0 Å². The Labute approximate surface area is 125 Å². The van der Waals surface area contributed by atoms with Crippen molar-refractivity contribution in [2.75, 3.05) is 11.5 Å². The van der Waals surface area contributed by atoms with Crippen molar-refractivity contribution in [3.63, 3.8) is 0 Å². The fourth-order valence-corrected chi connectivity index (χ4v) is 3.68. The lowest BCUT2D eigenvalue weighted by Crippen LogP contribution is -2.41. The van der Waals surface area contributed by atoms with Crippen LogP contribution in [0.25, 0.3) is 0 Å². The highest BCUT2D eigenvalue weighted by Crippen LogP contribution is 2.36. The van der Waals surface area contributed by atoms with E-state index >= 15 is 0 Å². The lowest BCUT2D eigenvalue weighted by molar-refractivity contribution is 0.00578. The zero-order chi connectivity index (χ0) is 14.4. The molecule has 0 N–H and O–H groups in total. The van der Waals surface area contributed by atoms with Gasteiger partial charge in [0.25, 0.3) is 0 Å². The van der Waals surface area contributed by atoms with Crippen molar-refractivity contribution < 1.29 is 9.31 Å². The minimum atomic E-state index is -0.299. The van der Waals surface area contributed by atoms with Crippen LogP contribution in [0.1, 0.15) is 46.6 Å². The summed E-state index contributed by atoms with van der Waals surface area (Å²) in [5, 5.41) is 4.53. The van der Waals surface area contributed by atoms with Gasteiger partial charge in [0.05, 0.1) is 17.2 Å². The third-order valence-electron chi connectivity index (χ3n) is 4.71. The molecule has 0 unspecified atom stereocenters. The van der Waals surface area contributed by atoms with Crippen molar-refractivity contribution in [2.24, 2.45) is 0 Å². The molecule has 110 valence electrons. The largest absolute Gasteiger partial charge is 0.498 e. The molecular weight excluding hydrogens is 271 g/mol. The molecule has 20 heavy (non-hydrogen) atoms. The first kappa shape index (κ1) is 14.5. The summed E-state index contributed by atoms with van der Waals surface area (Å²) in [4.78, 5) is 0. The van der Waals surface area contributed by atoms with Gasteiger partial charge in [-0.05, 0) is 52.0 Å². The normalized spacial score (nSPS) is 26.1. The van der Waals surface area contributed by atoms with Crippen LogP contribution in [0.2, 0.25) is 0 Å². The monoisotopic (exact) mass is 294 g/mol. The van der Waals surface area contributed by atoms with E-state index in [9.17, 15) is 0 Å². The van der Waals surface area contributed by atoms with Gasteiger partial charge < -0.3 is 9.31 Å². The molecule has 0 aliphatic carbocycles. The van der Waals surface area contributed by atoms with Crippen molar-refractivity contribution in [2.45, 2.75) is 57.8 Å². The number of thioether (sulfide) groups is 1. The van der Waals surface area contributed by atoms with Gasteiger partial charge in [-0.25, -0.2) is 0 Å². The fourth-order valence-electron chi connectivity index (χ4n) is 2.60. The molecule has 4 nitrogen and oxygen atoms in total. The molecule has 3 rings (SSSR count). The summed E-state index contributed by atoms with van der Waals surface area (Å²) in [6.07, 6.45) is 6.40. The van der Waals surface area contributed by atoms with Gasteiger partial charge in [-0.1, -0.05) is 0 Å². The highest BCUT2D eigenvalue weighted by molar-refractivity contribution is 7.99. The summed E-state index contributed by atoms with van der Waals surface area (Å²) < 4.78 is 14.2. The van der Waals surface area contributed by atoms with Crippen LogP contribution in [0.4, 0.5) is 0 Å². The molecule has 2 aliphatic heterocycles. The summed E-state index contributed by atoms with van der Waals surface area (Å²) in [5.74, 6) is 2.46. The van der Waals surface area contributed by atoms with Crippen molar-refractivity contribution in [3.05, 3.63) is 12.4 Å². The molecule has 0 saturated carbocycles. The number of hydrogen-bond acceptors (Lipinski definition) is 4.